The predicted octanol–water partition coefficient (Wildman–Crippen LogP) is 5.01. The lowest BCUT2D eigenvalue weighted by Crippen LogP contribution is -2.16. The molecule has 2 aromatic heterocycles. The molecule has 0 saturated heterocycles. The number of carbonyl (C=O) groups is 2. The third kappa shape index (κ3) is 3.35. The van der Waals surface area contributed by atoms with Crippen molar-refractivity contribution < 1.29 is 18.7 Å². The van der Waals surface area contributed by atoms with E-state index in [9.17, 15) is 9.59 Å². The summed E-state index contributed by atoms with van der Waals surface area (Å²) < 4.78 is 11.0. The number of amides is 2. The summed E-state index contributed by atoms with van der Waals surface area (Å²) in [5, 5.41) is 8.07. The molecule has 0 fully saturated rings. The summed E-state index contributed by atoms with van der Waals surface area (Å²) in [7, 11) is 1.53. The summed E-state index contributed by atoms with van der Waals surface area (Å²) in [6.45, 7) is 0. The van der Waals surface area contributed by atoms with Crippen LogP contribution >= 0.6 is 11.3 Å². The zero-order valence-electron chi connectivity index (χ0n) is 14.9. The van der Waals surface area contributed by atoms with Crippen LogP contribution in [0.2, 0.25) is 0 Å². The Balaban J connectivity index is 1.71. The second-order valence-electron chi connectivity index (χ2n) is 5.89. The number of anilines is 2. The van der Waals surface area contributed by atoms with Crippen molar-refractivity contribution in [2.75, 3.05) is 17.7 Å². The van der Waals surface area contributed by atoms with Crippen LogP contribution in [-0.2, 0) is 0 Å². The van der Waals surface area contributed by atoms with Gasteiger partial charge in [-0.05, 0) is 35.7 Å². The average molecular weight is 392 g/mol. The number of carbonyl (C=O) groups excluding carboxylic acids is 2. The van der Waals surface area contributed by atoms with Gasteiger partial charge in [-0.15, -0.1) is 11.3 Å². The topological polar surface area (TPSA) is 80.6 Å². The van der Waals surface area contributed by atoms with Crippen LogP contribution < -0.4 is 15.4 Å². The molecule has 2 amide bonds. The lowest BCUT2D eigenvalue weighted by molar-refractivity contribution is 0.0999. The number of hydrogen-bond donors (Lipinski definition) is 2. The Labute approximate surface area is 164 Å². The standard InChI is InChI=1S/C21H16N2O4S/c1-26-16-10-5-3-8-14(16)22-21(25)19-18(13-7-2-4-9-15(13)27-19)23-20(24)17-11-6-12-28-17/h2-12H,1H3,(H,22,25)(H,23,24). The molecular weight excluding hydrogens is 376 g/mol. The van der Waals surface area contributed by atoms with E-state index in [1.54, 1.807) is 48.5 Å². The first kappa shape index (κ1) is 17.8. The van der Waals surface area contributed by atoms with Gasteiger partial charge < -0.3 is 19.8 Å². The molecule has 0 aliphatic heterocycles. The minimum atomic E-state index is -0.484. The van der Waals surface area contributed by atoms with Crippen LogP contribution in [0.15, 0.2) is 70.5 Å². The van der Waals surface area contributed by atoms with E-state index in [0.29, 0.717) is 33.0 Å². The quantitative estimate of drug-likeness (QED) is 0.500. The number of methoxy groups -OCH3 is 1. The largest absolute Gasteiger partial charge is 0.495 e. The predicted molar refractivity (Wildman–Crippen MR) is 109 cm³/mol. The van der Waals surface area contributed by atoms with Gasteiger partial charge >= 0.3 is 0 Å². The van der Waals surface area contributed by atoms with E-state index in [-0.39, 0.29) is 11.7 Å². The zero-order chi connectivity index (χ0) is 19.5. The highest BCUT2D eigenvalue weighted by molar-refractivity contribution is 7.12. The fourth-order valence-corrected chi connectivity index (χ4v) is 3.46. The zero-order valence-corrected chi connectivity index (χ0v) is 15.7. The Kier molecular flexibility index (Phi) is 4.82. The first-order valence-electron chi connectivity index (χ1n) is 8.48. The van der Waals surface area contributed by atoms with Crippen LogP contribution in [0.4, 0.5) is 11.4 Å². The summed E-state index contributed by atoms with van der Waals surface area (Å²) in [6.07, 6.45) is 0. The minimum absolute atomic E-state index is 0.0250. The van der Waals surface area contributed by atoms with Crippen LogP contribution in [0.25, 0.3) is 11.0 Å². The second kappa shape index (κ2) is 7.58. The van der Waals surface area contributed by atoms with Gasteiger partial charge in [0.1, 0.15) is 17.0 Å². The number of hydrogen-bond acceptors (Lipinski definition) is 5. The van der Waals surface area contributed by atoms with E-state index in [4.69, 9.17) is 9.15 Å². The van der Waals surface area contributed by atoms with Gasteiger partial charge in [0.25, 0.3) is 11.8 Å². The van der Waals surface area contributed by atoms with Crippen LogP contribution in [0.1, 0.15) is 20.2 Å². The molecule has 0 unspecified atom stereocenters. The normalized spacial score (nSPS) is 10.6. The number of fused-ring (bicyclic) bond motifs is 1. The molecule has 0 atom stereocenters. The fraction of sp³-hybridized carbons (Fsp3) is 0.0476. The molecule has 2 N–H and O–H groups in total. The maximum Gasteiger partial charge on any atom is 0.293 e. The third-order valence-corrected chi connectivity index (χ3v) is 5.01. The number of nitrogens with one attached hydrogen (secondary N) is 2. The van der Waals surface area contributed by atoms with E-state index in [1.165, 1.54) is 18.4 Å². The molecule has 28 heavy (non-hydrogen) atoms. The second-order valence-corrected chi connectivity index (χ2v) is 6.84. The van der Waals surface area contributed by atoms with Gasteiger partial charge in [-0.3, -0.25) is 9.59 Å². The Hall–Kier alpha value is -3.58. The van der Waals surface area contributed by atoms with Gasteiger partial charge in [0.15, 0.2) is 0 Å². The number of furan rings is 1. The van der Waals surface area contributed by atoms with E-state index < -0.39 is 5.91 Å². The Morgan fingerprint density at radius 3 is 2.50 bits per heavy atom. The van der Waals surface area contributed by atoms with Gasteiger partial charge in [-0.25, -0.2) is 0 Å². The van der Waals surface area contributed by atoms with Gasteiger partial charge in [-0.1, -0.05) is 30.3 Å². The van der Waals surface area contributed by atoms with Crippen molar-refractivity contribution in [3.05, 3.63) is 76.7 Å². The summed E-state index contributed by atoms with van der Waals surface area (Å²) in [6, 6.07) is 17.7. The average Bonchev–Trinajstić information content (AvgIpc) is 3.37. The minimum Gasteiger partial charge on any atom is -0.495 e. The molecule has 6 nitrogen and oxygen atoms in total. The molecule has 0 spiro atoms. The number of benzene rings is 2. The van der Waals surface area contributed by atoms with E-state index in [2.05, 4.69) is 10.6 Å². The first-order valence-corrected chi connectivity index (χ1v) is 9.36. The van der Waals surface area contributed by atoms with Crippen molar-refractivity contribution in [3.8, 4) is 5.75 Å². The lowest BCUT2D eigenvalue weighted by atomic mass is 10.2. The molecule has 140 valence electrons. The Morgan fingerprint density at radius 1 is 0.929 bits per heavy atom. The number of thiophene rings is 1. The molecule has 4 rings (SSSR count). The van der Waals surface area contributed by atoms with Crippen molar-refractivity contribution in [1.29, 1.82) is 0 Å². The van der Waals surface area contributed by atoms with Crippen LogP contribution in [-0.4, -0.2) is 18.9 Å². The molecule has 0 saturated carbocycles. The van der Waals surface area contributed by atoms with Gasteiger partial charge in [0, 0.05) is 5.39 Å². The molecule has 0 aliphatic rings. The van der Waals surface area contributed by atoms with Crippen molar-refractivity contribution in [2.24, 2.45) is 0 Å². The molecule has 0 aliphatic carbocycles. The summed E-state index contributed by atoms with van der Waals surface area (Å²) in [4.78, 5) is 26.0. The van der Waals surface area contributed by atoms with Gasteiger partial charge in [0.2, 0.25) is 5.76 Å². The third-order valence-electron chi connectivity index (χ3n) is 4.14. The van der Waals surface area contributed by atoms with Crippen molar-refractivity contribution >= 4 is 45.5 Å². The number of para-hydroxylation sites is 3. The highest BCUT2D eigenvalue weighted by Gasteiger charge is 2.23. The smallest absolute Gasteiger partial charge is 0.293 e. The van der Waals surface area contributed by atoms with E-state index in [1.807, 2.05) is 17.5 Å². The first-order chi connectivity index (χ1) is 13.7. The van der Waals surface area contributed by atoms with Crippen molar-refractivity contribution in [1.82, 2.24) is 0 Å². The maximum absolute atomic E-state index is 12.9. The highest BCUT2D eigenvalue weighted by atomic mass is 32.1. The van der Waals surface area contributed by atoms with E-state index in [0.717, 1.165) is 0 Å². The molecule has 4 aromatic rings. The highest BCUT2D eigenvalue weighted by Crippen LogP contribution is 2.33. The molecule has 0 bridgehead atoms. The van der Waals surface area contributed by atoms with Gasteiger partial charge in [0.05, 0.1) is 17.7 Å². The summed E-state index contributed by atoms with van der Waals surface area (Å²) in [5.74, 6) is -0.233. The molecular formula is C21H16N2O4S. The SMILES string of the molecule is COc1ccccc1NC(=O)c1oc2ccccc2c1NC(=O)c1cccs1. The maximum atomic E-state index is 12.9. The fourth-order valence-electron chi connectivity index (χ4n) is 2.84. The van der Waals surface area contributed by atoms with Crippen LogP contribution in [0.5, 0.6) is 5.75 Å². The molecule has 2 aromatic carbocycles. The number of ether oxygens (including phenoxy) is 1. The monoisotopic (exact) mass is 392 g/mol. The van der Waals surface area contributed by atoms with Crippen molar-refractivity contribution in [3.63, 3.8) is 0 Å². The van der Waals surface area contributed by atoms with Crippen LogP contribution in [0.3, 0.4) is 0 Å². The number of rotatable bonds is 5. The summed E-state index contributed by atoms with van der Waals surface area (Å²) in [5.41, 5.74) is 1.35. The molecule has 7 heteroatoms. The Bertz CT molecular complexity index is 1150. The molecule has 0 radical (unpaired) electrons. The molecule has 2 heterocycles. The Morgan fingerprint density at radius 2 is 1.71 bits per heavy atom. The van der Waals surface area contributed by atoms with Crippen molar-refractivity contribution in [2.45, 2.75) is 0 Å². The van der Waals surface area contributed by atoms with Crippen LogP contribution in [0, 0.1) is 0 Å². The van der Waals surface area contributed by atoms with Gasteiger partial charge in [-0.2, -0.15) is 0 Å². The van der Waals surface area contributed by atoms with E-state index >= 15 is 0 Å². The summed E-state index contributed by atoms with van der Waals surface area (Å²) >= 11 is 1.32. The lowest BCUT2D eigenvalue weighted by Gasteiger charge is -2.10.